The molecule has 1 aliphatic carbocycles. The molecular weight excluding hydrogens is 357 g/mol. The fourth-order valence-corrected chi connectivity index (χ4v) is 3.36. The van der Waals surface area contributed by atoms with Crippen molar-refractivity contribution in [3.05, 3.63) is 35.3 Å². The second-order valence-electron chi connectivity index (χ2n) is 6.33. The zero-order valence-electron chi connectivity index (χ0n) is 15.3. The number of hydrogen-bond donors (Lipinski definition) is 0. The van der Waals surface area contributed by atoms with Crippen molar-refractivity contribution in [3.63, 3.8) is 0 Å². The van der Waals surface area contributed by atoms with E-state index in [1.54, 1.807) is 6.07 Å². The number of ether oxygens (including phenoxy) is 4. The third kappa shape index (κ3) is 3.90. The van der Waals surface area contributed by atoms with E-state index in [4.69, 9.17) is 18.9 Å². The van der Waals surface area contributed by atoms with Crippen molar-refractivity contribution in [1.82, 2.24) is 0 Å². The minimum atomic E-state index is -0.784. The van der Waals surface area contributed by atoms with E-state index in [1.165, 1.54) is 31.3 Å². The molecule has 0 spiro atoms. The molecule has 0 aromatic heterocycles. The van der Waals surface area contributed by atoms with E-state index >= 15 is 0 Å². The number of anilines is 1. The van der Waals surface area contributed by atoms with Crippen LogP contribution in [0, 0.1) is 5.82 Å². The van der Waals surface area contributed by atoms with E-state index in [0.717, 1.165) is 25.7 Å². The van der Waals surface area contributed by atoms with Gasteiger partial charge in [0.15, 0.2) is 5.82 Å². The Labute approximate surface area is 156 Å². The Morgan fingerprint density at radius 1 is 1.15 bits per heavy atom. The predicted molar refractivity (Wildman–Crippen MR) is 93.6 cm³/mol. The van der Waals surface area contributed by atoms with Gasteiger partial charge in [-0.3, -0.25) is 0 Å². The van der Waals surface area contributed by atoms with Gasteiger partial charge >= 0.3 is 11.9 Å². The van der Waals surface area contributed by atoms with E-state index < -0.39 is 17.8 Å². The highest BCUT2D eigenvalue weighted by Crippen LogP contribution is 2.38. The van der Waals surface area contributed by atoms with Crippen LogP contribution in [0.5, 0.6) is 5.75 Å². The summed E-state index contributed by atoms with van der Waals surface area (Å²) in [6, 6.07) is 4.44. The van der Waals surface area contributed by atoms with Gasteiger partial charge in [0.2, 0.25) is 0 Å². The SMILES string of the molecule is COC(=O)C1=C(C(=O)OC)N(c2c(F)cccc2OC2CCCC2)COC1. The highest BCUT2D eigenvalue weighted by Gasteiger charge is 2.35. The van der Waals surface area contributed by atoms with Gasteiger partial charge in [0.05, 0.1) is 32.5 Å². The molecule has 0 saturated heterocycles. The van der Waals surface area contributed by atoms with E-state index in [0.29, 0.717) is 0 Å². The lowest BCUT2D eigenvalue weighted by molar-refractivity contribution is -0.140. The van der Waals surface area contributed by atoms with Crippen LogP contribution in [0.1, 0.15) is 25.7 Å². The van der Waals surface area contributed by atoms with E-state index in [-0.39, 0.29) is 42.1 Å². The second kappa shape index (κ2) is 8.39. The molecule has 8 heteroatoms. The van der Waals surface area contributed by atoms with Crippen molar-refractivity contribution in [1.29, 1.82) is 0 Å². The van der Waals surface area contributed by atoms with Crippen LogP contribution in [0.2, 0.25) is 0 Å². The van der Waals surface area contributed by atoms with Crippen molar-refractivity contribution in [2.45, 2.75) is 31.8 Å². The largest absolute Gasteiger partial charge is 0.488 e. The van der Waals surface area contributed by atoms with Gasteiger partial charge in [0, 0.05) is 0 Å². The summed E-state index contributed by atoms with van der Waals surface area (Å²) in [7, 11) is 2.38. The van der Waals surface area contributed by atoms with Crippen molar-refractivity contribution in [2.75, 3.05) is 32.5 Å². The number of nitrogens with zero attached hydrogens (tertiary/aromatic N) is 1. The van der Waals surface area contributed by atoms with Crippen LogP contribution in [-0.2, 0) is 23.8 Å². The van der Waals surface area contributed by atoms with Gasteiger partial charge in [-0.05, 0) is 37.8 Å². The standard InChI is InChI=1S/C19H22FNO6/c1-24-18(22)13-10-26-11-21(16(13)19(23)25-2)17-14(20)8-5-9-15(17)27-12-6-3-4-7-12/h5,8-9,12H,3-4,6-7,10-11H2,1-2H3. The molecule has 1 aliphatic heterocycles. The molecule has 0 radical (unpaired) electrons. The lowest BCUT2D eigenvalue weighted by Crippen LogP contribution is -2.39. The quantitative estimate of drug-likeness (QED) is 0.728. The normalized spacial score (nSPS) is 17.8. The first-order valence-corrected chi connectivity index (χ1v) is 8.77. The van der Waals surface area contributed by atoms with Gasteiger partial charge < -0.3 is 23.8 Å². The molecule has 0 bridgehead atoms. The first-order chi connectivity index (χ1) is 13.1. The molecule has 3 rings (SSSR count). The van der Waals surface area contributed by atoms with E-state index in [1.807, 2.05) is 0 Å². The number of methoxy groups -OCH3 is 2. The highest BCUT2D eigenvalue weighted by atomic mass is 19.1. The zero-order chi connectivity index (χ0) is 19.4. The molecule has 1 heterocycles. The Morgan fingerprint density at radius 2 is 1.85 bits per heavy atom. The predicted octanol–water partition coefficient (Wildman–Crippen LogP) is 2.54. The summed E-state index contributed by atoms with van der Waals surface area (Å²) in [6.45, 7) is -0.270. The van der Waals surface area contributed by atoms with Crippen molar-refractivity contribution in [2.24, 2.45) is 0 Å². The first kappa shape index (κ1) is 19.2. The van der Waals surface area contributed by atoms with Gasteiger partial charge in [0.25, 0.3) is 0 Å². The molecule has 7 nitrogen and oxygen atoms in total. The number of para-hydroxylation sites is 1. The molecule has 1 aromatic carbocycles. The van der Waals surface area contributed by atoms with Crippen molar-refractivity contribution >= 4 is 17.6 Å². The Kier molecular flexibility index (Phi) is 5.95. The molecular formula is C19H22FNO6. The van der Waals surface area contributed by atoms with Crippen molar-refractivity contribution < 1.29 is 32.9 Å². The second-order valence-corrected chi connectivity index (χ2v) is 6.33. The van der Waals surface area contributed by atoms with Crippen LogP contribution in [0.15, 0.2) is 29.5 Å². The molecule has 0 N–H and O–H groups in total. The monoisotopic (exact) mass is 379 g/mol. The zero-order valence-corrected chi connectivity index (χ0v) is 15.3. The number of carbonyl (C=O) groups is 2. The average molecular weight is 379 g/mol. The van der Waals surface area contributed by atoms with Gasteiger partial charge in [-0.15, -0.1) is 0 Å². The van der Waals surface area contributed by atoms with Crippen LogP contribution < -0.4 is 9.64 Å². The number of halogens is 1. The lowest BCUT2D eigenvalue weighted by atomic mass is 10.1. The number of rotatable bonds is 5. The Morgan fingerprint density at radius 3 is 2.52 bits per heavy atom. The van der Waals surface area contributed by atoms with Crippen LogP contribution in [0.3, 0.4) is 0 Å². The Balaban J connectivity index is 2.07. The van der Waals surface area contributed by atoms with Gasteiger partial charge in [-0.25, -0.2) is 14.0 Å². The molecule has 27 heavy (non-hydrogen) atoms. The number of hydrogen-bond acceptors (Lipinski definition) is 7. The van der Waals surface area contributed by atoms with Gasteiger partial charge in [0.1, 0.15) is 23.9 Å². The molecule has 146 valence electrons. The third-order valence-corrected chi connectivity index (χ3v) is 4.65. The number of benzene rings is 1. The molecule has 0 atom stereocenters. The van der Waals surface area contributed by atoms with E-state index in [2.05, 4.69) is 0 Å². The summed E-state index contributed by atoms with van der Waals surface area (Å²) in [6.07, 6.45) is 3.88. The highest BCUT2D eigenvalue weighted by molar-refractivity contribution is 6.03. The summed E-state index contributed by atoms with van der Waals surface area (Å²) < 4.78 is 35.7. The summed E-state index contributed by atoms with van der Waals surface area (Å²) in [5, 5.41) is 0. The fraction of sp³-hybridized carbons (Fsp3) is 0.474. The van der Waals surface area contributed by atoms with Crippen molar-refractivity contribution in [3.8, 4) is 5.75 Å². The third-order valence-electron chi connectivity index (χ3n) is 4.65. The summed E-state index contributed by atoms with van der Waals surface area (Å²) in [5.74, 6) is -1.83. The minimum absolute atomic E-state index is 0.0121. The molecule has 0 unspecified atom stereocenters. The molecule has 1 aromatic rings. The Hall–Kier alpha value is -2.61. The topological polar surface area (TPSA) is 74.3 Å². The van der Waals surface area contributed by atoms with Gasteiger partial charge in [-0.1, -0.05) is 6.07 Å². The summed E-state index contributed by atoms with van der Waals surface area (Å²) >= 11 is 0. The minimum Gasteiger partial charge on any atom is -0.488 e. The maximum atomic E-state index is 14.8. The first-order valence-electron chi connectivity index (χ1n) is 8.77. The van der Waals surface area contributed by atoms with Gasteiger partial charge in [-0.2, -0.15) is 0 Å². The molecule has 1 saturated carbocycles. The number of carbonyl (C=O) groups excluding carboxylic acids is 2. The van der Waals surface area contributed by atoms with Crippen LogP contribution in [0.4, 0.5) is 10.1 Å². The summed E-state index contributed by atoms with van der Waals surface area (Å²) in [5.41, 5.74) is -0.117. The van der Waals surface area contributed by atoms with Crippen LogP contribution in [0.25, 0.3) is 0 Å². The number of esters is 2. The lowest BCUT2D eigenvalue weighted by Gasteiger charge is -2.32. The fourth-order valence-electron chi connectivity index (χ4n) is 3.36. The van der Waals surface area contributed by atoms with Crippen LogP contribution in [-0.4, -0.2) is 45.6 Å². The smallest absolute Gasteiger partial charge is 0.355 e. The molecule has 0 amide bonds. The van der Waals surface area contributed by atoms with Crippen LogP contribution >= 0.6 is 0 Å². The average Bonchev–Trinajstić information content (AvgIpc) is 3.19. The van der Waals surface area contributed by atoms with E-state index in [9.17, 15) is 14.0 Å². The Bertz CT molecular complexity index is 757. The molecule has 1 fully saturated rings. The maximum absolute atomic E-state index is 14.8. The maximum Gasteiger partial charge on any atom is 0.355 e. The summed E-state index contributed by atoms with van der Waals surface area (Å²) in [4.78, 5) is 25.8. The molecule has 2 aliphatic rings.